The summed E-state index contributed by atoms with van der Waals surface area (Å²) >= 11 is 0. The van der Waals surface area contributed by atoms with E-state index < -0.39 is 66.4 Å². The summed E-state index contributed by atoms with van der Waals surface area (Å²) in [4.78, 5) is 0. The lowest BCUT2D eigenvalue weighted by molar-refractivity contribution is -0.459. The van der Waals surface area contributed by atoms with Crippen molar-refractivity contribution in [2.24, 2.45) is 0 Å². The van der Waals surface area contributed by atoms with Crippen LogP contribution in [0.5, 0.6) is 0 Å². The smallest absolute Gasteiger partial charge is 0.392 e. The van der Waals surface area contributed by atoms with Crippen LogP contribution in [-0.2, 0) is 0 Å². The van der Waals surface area contributed by atoms with Gasteiger partial charge in [-0.1, -0.05) is 6.08 Å². The molecular weight excluding hydrogens is 471 g/mol. The van der Waals surface area contributed by atoms with Crippen LogP contribution in [0.3, 0.4) is 0 Å². The summed E-state index contributed by atoms with van der Waals surface area (Å²) in [6, 6.07) is 0. The molecule has 0 radical (unpaired) electrons. The molecule has 0 amide bonds. The molecule has 0 aliphatic carbocycles. The van der Waals surface area contributed by atoms with Gasteiger partial charge in [0, 0.05) is 0 Å². The second-order valence-corrected chi connectivity index (χ2v) is 5.15. The molecule has 0 saturated heterocycles. The van der Waals surface area contributed by atoms with Gasteiger partial charge in [-0.25, -0.2) is 0 Å². The summed E-state index contributed by atoms with van der Waals surface area (Å²) < 4.78 is 217. The molecule has 0 aliphatic rings. The summed E-state index contributed by atoms with van der Waals surface area (Å²) in [5, 5.41) is 8.05. The number of allylic oxidation sites excluding steroid dienone is 1. The first kappa shape index (κ1) is 27.5. The maximum atomic E-state index is 13.2. The van der Waals surface area contributed by atoms with E-state index in [-0.39, 0.29) is 0 Å². The van der Waals surface area contributed by atoms with E-state index in [0.717, 1.165) is 0 Å². The van der Waals surface area contributed by atoms with Gasteiger partial charge in [-0.05, 0) is 6.08 Å². The number of aliphatic hydroxyl groups excluding tert-OH is 1. The fourth-order valence-corrected chi connectivity index (χ4v) is 1.48. The Morgan fingerprint density at radius 3 is 1.00 bits per heavy atom. The lowest BCUT2D eigenvalue weighted by atomic mass is 9.89. The molecule has 0 aliphatic heterocycles. The molecule has 174 valence electrons. The van der Waals surface area contributed by atoms with Crippen molar-refractivity contribution in [1.82, 2.24) is 0 Å². The summed E-state index contributed by atoms with van der Waals surface area (Å²) in [6.45, 7) is -1.64. The van der Waals surface area contributed by atoms with Crippen LogP contribution < -0.4 is 0 Å². The topological polar surface area (TPSA) is 20.2 Å². The van der Waals surface area contributed by atoms with Gasteiger partial charge in [-0.15, -0.1) is 0 Å². The Kier molecular flexibility index (Phi) is 6.68. The highest BCUT2D eigenvalue weighted by atomic mass is 19.4. The van der Waals surface area contributed by atoms with E-state index in [4.69, 9.17) is 5.11 Å². The van der Waals surface area contributed by atoms with E-state index in [1.165, 1.54) is 0 Å². The minimum Gasteiger partial charge on any atom is -0.392 e. The van der Waals surface area contributed by atoms with Crippen molar-refractivity contribution in [3.05, 3.63) is 12.2 Å². The number of halogens is 17. The van der Waals surface area contributed by atoms with Crippen molar-refractivity contribution >= 4 is 0 Å². The van der Waals surface area contributed by atoms with Crippen LogP contribution in [0.4, 0.5) is 74.6 Å². The van der Waals surface area contributed by atoms with Crippen LogP contribution >= 0.6 is 0 Å². The van der Waals surface area contributed by atoms with E-state index in [1.54, 1.807) is 0 Å². The van der Waals surface area contributed by atoms with E-state index >= 15 is 0 Å². The molecule has 0 bridgehead atoms. The zero-order chi connectivity index (χ0) is 24.1. The van der Waals surface area contributed by atoms with E-state index in [9.17, 15) is 74.6 Å². The quantitative estimate of drug-likeness (QED) is 0.360. The zero-order valence-corrected chi connectivity index (χ0v) is 12.7. The fourth-order valence-electron chi connectivity index (χ4n) is 1.48. The van der Waals surface area contributed by atoms with Crippen molar-refractivity contribution in [2.45, 2.75) is 47.6 Å². The fraction of sp³-hybridized carbons (Fsp3) is 0.818. The molecule has 0 aromatic rings. The summed E-state index contributed by atoms with van der Waals surface area (Å²) in [5.41, 5.74) is 0. The Labute approximate surface area is 147 Å². The van der Waals surface area contributed by atoms with Crippen molar-refractivity contribution in [3.63, 3.8) is 0 Å². The maximum Gasteiger partial charge on any atom is 0.460 e. The Bertz CT molecular complexity index is 613. The maximum absolute atomic E-state index is 13.2. The molecule has 0 aromatic heterocycles. The number of hydrogen-bond acceptors (Lipinski definition) is 1. The lowest BCUT2D eigenvalue weighted by Gasteiger charge is -2.42. The SMILES string of the molecule is OC/C=C\C(F)(F)C(F)(F)C(F)(F)C(F)(F)C(F)(F)C(F)(F)C(F)(F)C(F)(F)F. The lowest BCUT2D eigenvalue weighted by Crippen LogP contribution is -2.74. The monoisotopic (exact) mass is 476 g/mol. The first-order valence-electron chi connectivity index (χ1n) is 6.31. The van der Waals surface area contributed by atoms with Crippen LogP contribution in [0.1, 0.15) is 0 Å². The van der Waals surface area contributed by atoms with Gasteiger partial charge in [-0.2, -0.15) is 74.6 Å². The molecule has 0 spiro atoms. The molecule has 0 heterocycles. The molecular formula is C11H5F17O. The third-order valence-electron chi connectivity index (χ3n) is 3.18. The number of aliphatic hydroxyl groups is 1. The van der Waals surface area contributed by atoms with Crippen LogP contribution in [0.2, 0.25) is 0 Å². The van der Waals surface area contributed by atoms with Gasteiger partial charge in [0.15, 0.2) is 0 Å². The average Bonchev–Trinajstić information content (AvgIpc) is 2.50. The molecule has 0 saturated carbocycles. The summed E-state index contributed by atoms with van der Waals surface area (Å²) in [5.74, 6) is -56.6. The highest BCUT2D eigenvalue weighted by molar-refractivity contribution is 5.17. The first-order chi connectivity index (χ1) is 12.3. The van der Waals surface area contributed by atoms with Gasteiger partial charge in [0.1, 0.15) is 0 Å². The molecule has 0 aromatic carbocycles. The molecule has 1 N–H and O–H groups in total. The van der Waals surface area contributed by atoms with Crippen LogP contribution in [-0.4, -0.2) is 59.3 Å². The Morgan fingerprint density at radius 2 is 0.724 bits per heavy atom. The molecule has 0 fully saturated rings. The highest BCUT2D eigenvalue weighted by Crippen LogP contribution is 2.63. The number of rotatable bonds is 8. The van der Waals surface area contributed by atoms with Crippen molar-refractivity contribution in [2.75, 3.05) is 6.61 Å². The molecule has 29 heavy (non-hydrogen) atoms. The summed E-state index contributed by atoms with van der Waals surface area (Å²) in [7, 11) is 0. The van der Waals surface area contributed by atoms with Crippen LogP contribution in [0.25, 0.3) is 0 Å². The molecule has 0 rings (SSSR count). The van der Waals surface area contributed by atoms with Crippen LogP contribution in [0, 0.1) is 0 Å². The van der Waals surface area contributed by atoms with Crippen molar-refractivity contribution in [3.8, 4) is 0 Å². The van der Waals surface area contributed by atoms with Gasteiger partial charge < -0.3 is 5.11 Å². The third-order valence-corrected chi connectivity index (χ3v) is 3.18. The second-order valence-electron chi connectivity index (χ2n) is 5.15. The largest absolute Gasteiger partial charge is 0.460 e. The Balaban J connectivity index is 6.69. The van der Waals surface area contributed by atoms with Gasteiger partial charge in [0.2, 0.25) is 0 Å². The minimum atomic E-state index is -8.64. The van der Waals surface area contributed by atoms with Gasteiger partial charge in [0.05, 0.1) is 6.61 Å². The van der Waals surface area contributed by atoms with Crippen molar-refractivity contribution in [1.29, 1.82) is 0 Å². The highest BCUT2D eigenvalue weighted by Gasteiger charge is 2.95. The van der Waals surface area contributed by atoms with Gasteiger partial charge in [-0.3, -0.25) is 0 Å². The number of hydrogen-bond donors (Lipinski definition) is 1. The summed E-state index contributed by atoms with van der Waals surface area (Å²) in [6.07, 6.45) is -9.73. The zero-order valence-electron chi connectivity index (χ0n) is 12.7. The standard InChI is InChI=1S/C11H5F17O/c12-4(13,2-1-3-29)5(14,15)6(16,17)7(18,19)8(20,21)9(22,23)10(24,25)11(26,27)28/h1-2,29H,3H2/b2-1-. The average molecular weight is 476 g/mol. The second kappa shape index (κ2) is 7.04. The van der Waals surface area contributed by atoms with Crippen LogP contribution in [0.15, 0.2) is 12.2 Å². The molecule has 0 atom stereocenters. The Hall–Kier alpha value is -1.49. The third kappa shape index (κ3) is 3.60. The van der Waals surface area contributed by atoms with E-state index in [1.807, 2.05) is 0 Å². The predicted octanol–water partition coefficient (Wildman–Crippen LogP) is 5.54. The Morgan fingerprint density at radius 1 is 0.448 bits per heavy atom. The first-order valence-corrected chi connectivity index (χ1v) is 6.31. The molecule has 1 nitrogen and oxygen atoms in total. The van der Waals surface area contributed by atoms with E-state index in [0.29, 0.717) is 0 Å². The molecule has 0 unspecified atom stereocenters. The van der Waals surface area contributed by atoms with Gasteiger partial charge in [0.25, 0.3) is 0 Å². The predicted molar refractivity (Wildman–Crippen MR) is 56.9 cm³/mol. The van der Waals surface area contributed by atoms with Gasteiger partial charge >= 0.3 is 47.6 Å². The molecule has 18 heteroatoms. The van der Waals surface area contributed by atoms with Crippen molar-refractivity contribution < 1.29 is 79.7 Å². The number of alkyl halides is 17. The normalized spacial score (nSPS) is 16.6. The van der Waals surface area contributed by atoms with E-state index in [2.05, 4.69) is 0 Å². The minimum absolute atomic E-state index is 0.507.